The number of hydrogen-bond donors (Lipinski definition) is 0. The Morgan fingerprint density at radius 3 is 1.85 bits per heavy atom. The van der Waals surface area contributed by atoms with Crippen molar-refractivity contribution in [1.82, 2.24) is 9.13 Å². The fourth-order valence-corrected chi connectivity index (χ4v) is 10.3. The van der Waals surface area contributed by atoms with Gasteiger partial charge in [0.25, 0.3) is 0 Å². The molecule has 10 aromatic rings. The zero-order chi connectivity index (χ0) is 35.0. The average molecular weight is 677 g/mol. The fraction of sp³-hybridized carbons (Fsp3) is 0.0980. The molecule has 2 nitrogen and oxygen atoms in total. The number of rotatable bonds is 2. The molecule has 0 saturated carbocycles. The molecule has 0 spiro atoms. The van der Waals surface area contributed by atoms with Gasteiger partial charge in [-0.1, -0.05) is 129 Å². The summed E-state index contributed by atoms with van der Waals surface area (Å²) >= 11 is 0. The van der Waals surface area contributed by atoms with Crippen LogP contribution in [0.4, 0.5) is 0 Å². The van der Waals surface area contributed by atoms with Gasteiger partial charge in [-0.15, -0.1) is 0 Å². The SMILES string of the molecule is CC1(C)c2ccccc2-c2c3c(c4c5ccccc5n(-c5ccc6c(c5)c5ccccc5n6-c5ccccc5)c4c21)Cc1cc2ccccc2cc1C3. The van der Waals surface area contributed by atoms with Crippen LogP contribution in [0.2, 0.25) is 0 Å². The van der Waals surface area contributed by atoms with E-state index < -0.39 is 0 Å². The predicted octanol–water partition coefficient (Wildman–Crippen LogP) is 12.8. The van der Waals surface area contributed by atoms with Crippen LogP contribution in [0.3, 0.4) is 0 Å². The highest BCUT2D eigenvalue weighted by Crippen LogP contribution is 2.57. The lowest BCUT2D eigenvalue weighted by Gasteiger charge is -2.28. The van der Waals surface area contributed by atoms with Crippen molar-refractivity contribution in [3.8, 4) is 22.5 Å². The fourth-order valence-electron chi connectivity index (χ4n) is 10.3. The summed E-state index contributed by atoms with van der Waals surface area (Å²) in [5.41, 5.74) is 18.9. The third-order valence-electron chi connectivity index (χ3n) is 12.6. The van der Waals surface area contributed by atoms with Crippen molar-refractivity contribution < 1.29 is 0 Å². The first kappa shape index (κ1) is 29.2. The molecule has 0 fully saturated rings. The summed E-state index contributed by atoms with van der Waals surface area (Å²) in [6.45, 7) is 4.90. The molecule has 0 aliphatic heterocycles. The lowest BCUT2D eigenvalue weighted by atomic mass is 9.76. The van der Waals surface area contributed by atoms with E-state index in [0.717, 1.165) is 12.8 Å². The van der Waals surface area contributed by atoms with E-state index in [-0.39, 0.29) is 5.41 Å². The second-order valence-corrected chi connectivity index (χ2v) is 15.7. The Kier molecular flexibility index (Phi) is 5.71. The number of benzene rings is 8. The Morgan fingerprint density at radius 1 is 0.472 bits per heavy atom. The third-order valence-corrected chi connectivity index (χ3v) is 12.6. The van der Waals surface area contributed by atoms with Crippen molar-refractivity contribution in [3.63, 3.8) is 0 Å². The minimum atomic E-state index is -0.178. The maximum Gasteiger partial charge on any atom is 0.0591 e. The Labute approximate surface area is 308 Å². The lowest BCUT2D eigenvalue weighted by Crippen LogP contribution is -2.18. The number of nitrogens with zero attached hydrogens (tertiary/aromatic N) is 2. The first-order valence-electron chi connectivity index (χ1n) is 18.9. The summed E-state index contributed by atoms with van der Waals surface area (Å²) in [6, 6.07) is 58.9. The van der Waals surface area contributed by atoms with Gasteiger partial charge in [-0.05, 0) is 111 Å². The molecule has 2 aliphatic carbocycles. The molecule has 2 aromatic heterocycles. The highest BCUT2D eigenvalue weighted by molar-refractivity contribution is 6.17. The summed E-state index contributed by atoms with van der Waals surface area (Å²) in [4.78, 5) is 0. The van der Waals surface area contributed by atoms with E-state index >= 15 is 0 Å². The van der Waals surface area contributed by atoms with Crippen molar-refractivity contribution in [3.05, 3.63) is 191 Å². The Morgan fingerprint density at radius 2 is 1.08 bits per heavy atom. The Balaban J connectivity index is 1.22. The van der Waals surface area contributed by atoms with E-state index in [0.29, 0.717) is 0 Å². The smallest absolute Gasteiger partial charge is 0.0591 e. The largest absolute Gasteiger partial charge is 0.309 e. The van der Waals surface area contributed by atoms with Crippen molar-refractivity contribution in [2.75, 3.05) is 0 Å². The van der Waals surface area contributed by atoms with E-state index in [9.17, 15) is 0 Å². The molecule has 0 N–H and O–H groups in total. The number of fused-ring (bicyclic) bond motifs is 15. The van der Waals surface area contributed by atoms with E-state index in [4.69, 9.17) is 0 Å². The van der Waals surface area contributed by atoms with Crippen LogP contribution in [0.25, 0.3) is 76.9 Å². The molecule has 2 aliphatic rings. The van der Waals surface area contributed by atoms with Crippen LogP contribution in [-0.2, 0) is 18.3 Å². The second kappa shape index (κ2) is 10.4. The monoisotopic (exact) mass is 676 g/mol. The van der Waals surface area contributed by atoms with Crippen LogP contribution >= 0.6 is 0 Å². The average Bonchev–Trinajstić information content (AvgIpc) is 3.80. The van der Waals surface area contributed by atoms with Gasteiger partial charge in [0.1, 0.15) is 0 Å². The highest BCUT2D eigenvalue weighted by atomic mass is 15.0. The number of aromatic nitrogens is 2. The first-order chi connectivity index (χ1) is 26.1. The summed E-state index contributed by atoms with van der Waals surface area (Å²) in [5.74, 6) is 0. The molecule has 2 heterocycles. The van der Waals surface area contributed by atoms with Gasteiger partial charge in [0.2, 0.25) is 0 Å². The van der Waals surface area contributed by atoms with Crippen molar-refractivity contribution in [2.45, 2.75) is 32.1 Å². The first-order valence-corrected chi connectivity index (χ1v) is 18.9. The molecule has 2 heteroatoms. The second-order valence-electron chi connectivity index (χ2n) is 15.7. The van der Waals surface area contributed by atoms with Crippen LogP contribution in [-0.4, -0.2) is 9.13 Å². The van der Waals surface area contributed by atoms with Gasteiger partial charge < -0.3 is 9.13 Å². The zero-order valence-electron chi connectivity index (χ0n) is 29.8. The van der Waals surface area contributed by atoms with Gasteiger partial charge in [-0.2, -0.15) is 0 Å². The molecule has 53 heavy (non-hydrogen) atoms. The normalized spacial score (nSPS) is 14.2. The van der Waals surface area contributed by atoms with Gasteiger partial charge in [-0.3, -0.25) is 0 Å². The van der Waals surface area contributed by atoms with Gasteiger partial charge in [0.05, 0.1) is 22.1 Å². The van der Waals surface area contributed by atoms with Gasteiger partial charge in [0.15, 0.2) is 0 Å². The standard InChI is InChI=1S/C51H36N2/c1-51(2)43-21-11-8-19-38(43)47-41-28-33-26-31-14-6-7-15-32(31)27-34(33)29-42(41)48-39-20-10-13-23-45(39)53(50(48)49(47)51)36-24-25-46-40(30-36)37-18-9-12-22-44(37)52(46)35-16-4-3-5-17-35/h3-27,30H,28-29H2,1-2H3. The zero-order valence-corrected chi connectivity index (χ0v) is 29.8. The van der Waals surface area contributed by atoms with E-state index in [1.54, 1.807) is 0 Å². The van der Waals surface area contributed by atoms with Gasteiger partial charge >= 0.3 is 0 Å². The van der Waals surface area contributed by atoms with Crippen molar-refractivity contribution >= 4 is 54.4 Å². The molecular formula is C51H36N2. The highest BCUT2D eigenvalue weighted by Gasteiger charge is 2.42. The molecule has 0 saturated heterocycles. The molecule has 8 aromatic carbocycles. The van der Waals surface area contributed by atoms with Crippen LogP contribution in [0, 0.1) is 0 Å². The van der Waals surface area contributed by atoms with E-state index in [2.05, 4.69) is 181 Å². The van der Waals surface area contributed by atoms with Gasteiger partial charge in [0, 0.05) is 38.3 Å². The van der Waals surface area contributed by atoms with E-state index in [1.807, 2.05) is 0 Å². The summed E-state index contributed by atoms with van der Waals surface area (Å²) in [6.07, 6.45) is 1.88. The Hall–Kier alpha value is -6.38. The number of hydrogen-bond acceptors (Lipinski definition) is 0. The van der Waals surface area contributed by atoms with Crippen LogP contribution in [0.15, 0.2) is 158 Å². The topological polar surface area (TPSA) is 9.86 Å². The molecule has 0 amide bonds. The van der Waals surface area contributed by atoms with E-state index in [1.165, 1.54) is 110 Å². The van der Waals surface area contributed by atoms with Crippen LogP contribution in [0.1, 0.15) is 47.2 Å². The quantitative estimate of drug-likeness (QED) is 0.172. The maximum absolute atomic E-state index is 2.61. The lowest BCUT2D eigenvalue weighted by molar-refractivity contribution is 0.663. The molecule has 12 rings (SSSR count). The minimum absolute atomic E-state index is 0.178. The van der Waals surface area contributed by atoms with Crippen LogP contribution < -0.4 is 0 Å². The molecule has 250 valence electrons. The van der Waals surface area contributed by atoms with Crippen LogP contribution in [0.5, 0.6) is 0 Å². The molecule has 0 unspecified atom stereocenters. The summed E-state index contributed by atoms with van der Waals surface area (Å²) in [5, 5.41) is 7.95. The molecule has 0 atom stereocenters. The summed E-state index contributed by atoms with van der Waals surface area (Å²) < 4.78 is 5.02. The number of para-hydroxylation sites is 3. The minimum Gasteiger partial charge on any atom is -0.309 e. The molecular weight excluding hydrogens is 641 g/mol. The summed E-state index contributed by atoms with van der Waals surface area (Å²) in [7, 11) is 0. The molecule has 0 radical (unpaired) electrons. The Bertz CT molecular complexity index is 3190. The third kappa shape index (κ3) is 3.83. The predicted molar refractivity (Wildman–Crippen MR) is 222 cm³/mol. The molecule has 0 bridgehead atoms. The van der Waals surface area contributed by atoms with Crippen molar-refractivity contribution in [2.24, 2.45) is 0 Å². The van der Waals surface area contributed by atoms with Crippen molar-refractivity contribution in [1.29, 1.82) is 0 Å². The maximum atomic E-state index is 2.61. The van der Waals surface area contributed by atoms with Gasteiger partial charge in [-0.25, -0.2) is 0 Å².